The molecule has 0 aliphatic rings. The van der Waals surface area contributed by atoms with Crippen LogP contribution >= 0.6 is 0 Å². The molecule has 38 heavy (non-hydrogen) atoms. The Kier molecular flexibility index (Phi) is 10.1. The van der Waals surface area contributed by atoms with Crippen molar-refractivity contribution >= 4 is 11.8 Å². The van der Waals surface area contributed by atoms with Crippen LogP contribution < -0.4 is 14.8 Å². The van der Waals surface area contributed by atoms with Gasteiger partial charge >= 0.3 is 0 Å². The van der Waals surface area contributed by atoms with E-state index in [1.165, 1.54) is 28.9 Å². The normalized spacial score (nSPS) is 11.8. The van der Waals surface area contributed by atoms with Crippen molar-refractivity contribution in [1.82, 2.24) is 30.4 Å². The van der Waals surface area contributed by atoms with Crippen molar-refractivity contribution in [2.75, 3.05) is 20.8 Å². The van der Waals surface area contributed by atoms with Gasteiger partial charge in [-0.2, -0.15) is 4.80 Å². The molecular formula is C27H35FN6O4. The molecule has 0 saturated heterocycles. The van der Waals surface area contributed by atoms with Crippen molar-refractivity contribution in [3.63, 3.8) is 0 Å². The van der Waals surface area contributed by atoms with E-state index < -0.39 is 6.04 Å². The number of amides is 2. The van der Waals surface area contributed by atoms with E-state index in [0.717, 1.165) is 6.42 Å². The van der Waals surface area contributed by atoms with Crippen LogP contribution in [0.25, 0.3) is 11.4 Å². The van der Waals surface area contributed by atoms with E-state index in [-0.39, 0.29) is 30.7 Å². The minimum atomic E-state index is -0.714. The van der Waals surface area contributed by atoms with Crippen LogP contribution in [-0.4, -0.2) is 63.7 Å². The highest BCUT2D eigenvalue weighted by molar-refractivity contribution is 5.87. The highest BCUT2D eigenvalue weighted by Crippen LogP contribution is 2.30. The van der Waals surface area contributed by atoms with E-state index in [0.29, 0.717) is 47.3 Å². The van der Waals surface area contributed by atoms with Crippen LogP contribution in [0.2, 0.25) is 0 Å². The molecule has 204 valence electrons. The Morgan fingerprint density at radius 2 is 1.79 bits per heavy atom. The number of benzene rings is 2. The number of carbonyl (C=O) groups excluding carboxylic acids is 2. The Morgan fingerprint density at radius 3 is 2.42 bits per heavy atom. The maximum atomic E-state index is 13.5. The smallest absolute Gasteiger partial charge is 0.247 e. The van der Waals surface area contributed by atoms with Crippen molar-refractivity contribution < 1.29 is 23.5 Å². The Balaban J connectivity index is 1.81. The van der Waals surface area contributed by atoms with Crippen LogP contribution in [0.3, 0.4) is 0 Å². The number of ether oxygens (including phenoxy) is 2. The molecule has 2 aromatic carbocycles. The summed E-state index contributed by atoms with van der Waals surface area (Å²) in [4.78, 5) is 29.2. The zero-order chi connectivity index (χ0) is 27.7. The SMILES string of the molecule is CCC(C(=O)NCCC(C)C)N(Cc1ccc(F)cc1)C(=O)Cn1nnc(-c2ccc(OC)c(OC)c2)n1. The molecular weight excluding hydrogens is 491 g/mol. The molecule has 0 spiro atoms. The number of rotatable bonds is 13. The molecule has 1 N–H and O–H groups in total. The van der Waals surface area contributed by atoms with E-state index in [4.69, 9.17) is 9.47 Å². The fraction of sp³-hybridized carbons (Fsp3) is 0.444. The molecule has 0 aliphatic heterocycles. The van der Waals surface area contributed by atoms with Crippen molar-refractivity contribution in [2.24, 2.45) is 5.92 Å². The number of tetrazole rings is 1. The summed E-state index contributed by atoms with van der Waals surface area (Å²) in [5.41, 5.74) is 1.34. The lowest BCUT2D eigenvalue weighted by Gasteiger charge is -2.30. The first kappa shape index (κ1) is 28.5. The molecule has 11 heteroatoms. The fourth-order valence-corrected chi connectivity index (χ4v) is 3.92. The largest absolute Gasteiger partial charge is 0.493 e. The zero-order valence-corrected chi connectivity index (χ0v) is 22.5. The van der Waals surface area contributed by atoms with Gasteiger partial charge in [0.2, 0.25) is 17.6 Å². The molecule has 0 fully saturated rings. The van der Waals surface area contributed by atoms with Crippen LogP contribution in [0.4, 0.5) is 4.39 Å². The number of hydrogen-bond acceptors (Lipinski definition) is 7. The Hall–Kier alpha value is -4.02. The van der Waals surface area contributed by atoms with E-state index in [9.17, 15) is 14.0 Å². The fourth-order valence-electron chi connectivity index (χ4n) is 3.92. The average molecular weight is 527 g/mol. The summed E-state index contributed by atoms with van der Waals surface area (Å²) in [7, 11) is 3.08. The van der Waals surface area contributed by atoms with Gasteiger partial charge in [0, 0.05) is 18.7 Å². The van der Waals surface area contributed by atoms with Crippen LogP contribution in [0.15, 0.2) is 42.5 Å². The predicted molar refractivity (Wildman–Crippen MR) is 140 cm³/mol. The number of aromatic nitrogens is 4. The summed E-state index contributed by atoms with van der Waals surface area (Å²) < 4.78 is 24.1. The lowest BCUT2D eigenvalue weighted by atomic mass is 10.1. The summed E-state index contributed by atoms with van der Waals surface area (Å²) in [6.45, 7) is 6.43. The second-order valence-electron chi connectivity index (χ2n) is 9.26. The lowest BCUT2D eigenvalue weighted by molar-refractivity contribution is -0.142. The van der Waals surface area contributed by atoms with Crippen molar-refractivity contribution in [1.29, 1.82) is 0 Å². The monoisotopic (exact) mass is 526 g/mol. The van der Waals surface area contributed by atoms with Gasteiger partial charge in [-0.25, -0.2) is 4.39 Å². The third-order valence-corrected chi connectivity index (χ3v) is 6.04. The summed E-state index contributed by atoms with van der Waals surface area (Å²) in [5.74, 6) is 0.842. The highest BCUT2D eigenvalue weighted by atomic mass is 19.1. The molecule has 0 aliphatic carbocycles. The maximum Gasteiger partial charge on any atom is 0.247 e. The van der Waals surface area contributed by atoms with Crippen molar-refractivity contribution in [3.05, 3.63) is 53.8 Å². The molecule has 1 atom stereocenters. The third-order valence-electron chi connectivity index (χ3n) is 6.04. The van der Waals surface area contributed by atoms with E-state index in [1.807, 2.05) is 6.92 Å². The Labute approximate surface area is 222 Å². The molecule has 1 heterocycles. The van der Waals surface area contributed by atoms with E-state index in [1.54, 1.807) is 37.4 Å². The van der Waals surface area contributed by atoms with Gasteiger partial charge in [-0.15, -0.1) is 10.2 Å². The number of halogens is 1. The van der Waals surface area contributed by atoms with Crippen LogP contribution in [0.5, 0.6) is 11.5 Å². The van der Waals surface area contributed by atoms with Crippen molar-refractivity contribution in [2.45, 2.75) is 52.7 Å². The zero-order valence-electron chi connectivity index (χ0n) is 22.5. The minimum Gasteiger partial charge on any atom is -0.493 e. The van der Waals surface area contributed by atoms with Gasteiger partial charge < -0.3 is 19.7 Å². The first-order valence-corrected chi connectivity index (χ1v) is 12.6. The summed E-state index contributed by atoms with van der Waals surface area (Å²) in [6, 6.07) is 10.4. The molecule has 0 radical (unpaired) electrons. The number of methoxy groups -OCH3 is 2. The summed E-state index contributed by atoms with van der Waals surface area (Å²) in [5, 5.41) is 15.4. The average Bonchev–Trinajstić information content (AvgIpc) is 3.37. The molecule has 2 amide bonds. The van der Waals surface area contributed by atoms with Gasteiger partial charge in [-0.3, -0.25) is 9.59 Å². The topological polar surface area (TPSA) is 111 Å². The number of nitrogens with zero attached hydrogens (tertiary/aromatic N) is 5. The standard InChI is InChI=1S/C27H35FN6O4/c1-6-22(27(36)29-14-13-18(2)3)33(16-19-7-10-21(28)11-8-19)25(35)17-34-31-26(30-32-34)20-9-12-23(37-4)24(15-20)38-5/h7-12,15,18,22H,6,13-14,16-17H2,1-5H3,(H,29,36). The van der Waals surface area contributed by atoms with Gasteiger partial charge in [0.05, 0.1) is 14.2 Å². The van der Waals surface area contributed by atoms with E-state index in [2.05, 4.69) is 34.6 Å². The Bertz CT molecular complexity index is 1210. The molecule has 0 bridgehead atoms. The number of carbonyl (C=O) groups is 2. The van der Waals surface area contributed by atoms with Crippen molar-refractivity contribution in [3.8, 4) is 22.9 Å². The summed E-state index contributed by atoms with van der Waals surface area (Å²) in [6.07, 6.45) is 1.23. The first-order chi connectivity index (χ1) is 18.2. The molecule has 0 saturated carbocycles. The van der Waals surface area contributed by atoms with Gasteiger partial charge in [0.25, 0.3) is 0 Å². The van der Waals surface area contributed by atoms with Crippen LogP contribution in [0.1, 0.15) is 39.2 Å². The molecule has 3 rings (SSSR count). The highest BCUT2D eigenvalue weighted by Gasteiger charge is 2.29. The number of hydrogen-bond donors (Lipinski definition) is 1. The predicted octanol–water partition coefficient (Wildman–Crippen LogP) is 3.47. The second kappa shape index (κ2) is 13.5. The minimum absolute atomic E-state index is 0.131. The molecule has 10 nitrogen and oxygen atoms in total. The molecule has 3 aromatic rings. The molecule has 1 unspecified atom stereocenters. The van der Waals surface area contributed by atoms with Gasteiger partial charge in [0.1, 0.15) is 18.4 Å². The van der Waals surface area contributed by atoms with Crippen LogP contribution in [0, 0.1) is 11.7 Å². The number of nitrogens with one attached hydrogen (secondary N) is 1. The quantitative estimate of drug-likeness (QED) is 0.363. The lowest BCUT2D eigenvalue weighted by Crippen LogP contribution is -2.50. The first-order valence-electron chi connectivity index (χ1n) is 12.6. The van der Waals surface area contributed by atoms with Gasteiger partial charge in [0.15, 0.2) is 11.5 Å². The maximum absolute atomic E-state index is 13.5. The third kappa shape index (κ3) is 7.50. The Morgan fingerprint density at radius 1 is 1.08 bits per heavy atom. The molecule has 1 aromatic heterocycles. The van der Waals surface area contributed by atoms with Gasteiger partial charge in [-0.1, -0.05) is 32.9 Å². The summed E-state index contributed by atoms with van der Waals surface area (Å²) >= 11 is 0. The van der Waals surface area contributed by atoms with E-state index >= 15 is 0 Å². The van der Waals surface area contributed by atoms with Crippen LogP contribution in [-0.2, 0) is 22.7 Å². The second-order valence-corrected chi connectivity index (χ2v) is 9.26. The van der Waals surface area contributed by atoms with Gasteiger partial charge in [-0.05, 0) is 59.9 Å².